The highest BCUT2D eigenvalue weighted by Gasteiger charge is 2.57. The molecular formula is C23H24N4O7. The van der Waals surface area contributed by atoms with Crippen molar-refractivity contribution in [2.24, 2.45) is 0 Å². The summed E-state index contributed by atoms with van der Waals surface area (Å²) in [5, 5.41) is 55.3. The fourth-order valence-electron chi connectivity index (χ4n) is 4.04. The molecule has 1 aliphatic rings. The van der Waals surface area contributed by atoms with Gasteiger partial charge in [0.15, 0.2) is 6.10 Å². The van der Waals surface area contributed by atoms with E-state index in [4.69, 9.17) is 9.47 Å². The minimum Gasteiger partial charge on any atom is -0.452 e. The van der Waals surface area contributed by atoms with Gasteiger partial charge in [-0.3, -0.25) is 0 Å². The summed E-state index contributed by atoms with van der Waals surface area (Å²) in [6.45, 7) is -0.238. The van der Waals surface area contributed by atoms with E-state index in [0.717, 1.165) is 11.3 Å². The molecule has 1 saturated heterocycles. The van der Waals surface area contributed by atoms with Crippen LogP contribution in [0.15, 0.2) is 67.3 Å². The molecule has 1 aliphatic heterocycles. The molecule has 5 N–H and O–H groups in total. The maximum atomic E-state index is 10.9. The molecule has 178 valence electrons. The lowest BCUT2D eigenvalue weighted by Gasteiger charge is -2.45. The second kappa shape index (κ2) is 8.80. The topological polar surface area (TPSA) is 155 Å². The van der Waals surface area contributed by atoms with Gasteiger partial charge in [0, 0.05) is 18.9 Å². The van der Waals surface area contributed by atoms with Gasteiger partial charge in [0.2, 0.25) is 6.29 Å². The van der Waals surface area contributed by atoms with Gasteiger partial charge in [-0.05, 0) is 35.9 Å². The van der Waals surface area contributed by atoms with Crippen LogP contribution < -0.4 is 4.74 Å². The van der Waals surface area contributed by atoms with E-state index < -0.39 is 37.0 Å². The molecule has 0 aliphatic carbocycles. The van der Waals surface area contributed by atoms with Crippen molar-refractivity contribution in [3.05, 3.63) is 72.8 Å². The van der Waals surface area contributed by atoms with E-state index in [0.29, 0.717) is 17.6 Å². The van der Waals surface area contributed by atoms with Crippen molar-refractivity contribution in [1.29, 1.82) is 0 Å². The number of fused-ring (bicyclic) bond motifs is 1. The molecular weight excluding hydrogens is 444 g/mol. The minimum absolute atomic E-state index is 0.113. The standard InChI is InChI=1S/C23H24N4O7/c28-12-18-20(29)21(30)23(32,22(31)33-18)34-17-4-1-3-16-19(17)26(13-24-16)11-14-5-7-15(8-6-14)27-10-2-9-25-27/h1-10,13,18,20-22,28-32H,11-12H2/t18-,20-,21+,22-,23+/m1/s1. The third-order valence-electron chi connectivity index (χ3n) is 5.90. The van der Waals surface area contributed by atoms with Crippen molar-refractivity contribution in [3.63, 3.8) is 0 Å². The summed E-state index contributed by atoms with van der Waals surface area (Å²) in [6.07, 6.45) is -1.77. The summed E-state index contributed by atoms with van der Waals surface area (Å²) in [5.74, 6) is -2.57. The smallest absolute Gasteiger partial charge is 0.288 e. The number of aromatic nitrogens is 4. The molecule has 11 nitrogen and oxygen atoms in total. The van der Waals surface area contributed by atoms with Crippen molar-refractivity contribution in [3.8, 4) is 11.4 Å². The van der Waals surface area contributed by atoms with Crippen molar-refractivity contribution >= 4 is 11.0 Å². The first kappa shape index (κ1) is 22.5. The second-order valence-corrected chi connectivity index (χ2v) is 8.11. The van der Waals surface area contributed by atoms with Gasteiger partial charge in [0.1, 0.15) is 23.5 Å². The third kappa shape index (κ3) is 3.84. The molecule has 0 radical (unpaired) electrons. The molecule has 0 amide bonds. The van der Waals surface area contributed by atoms with Gasteiger partial charge >= 0.3 is 0 Å². The van der Waals surface area contributed by atoms with E-state index in [1.807, 2.05) is 36.5 Å². The summed E-state index contributed by atoms with van der Waals surface area (Å²) in [4.78, 5) is 4.38. The van der Waals surface area contributed by atoms with Crippen LogP contribution in [0.3, 0.4) is 0 Å². The molecule has 4 aromatic rings. The molecule has 5 rings (SSSR count). The Balaban J connectivity index is 1.44. The third-order valence-corrected chi connectivity index (χ3v) is 5.90. The van der Waals surface area contributed by atoms with Crippen molar-refractivity contribution in [2.75, 3.05) is 6.61 Å². The monoisotopic (exact) mass is 468 g/mol. The molecule has 0 bridgehead atoms. The molecule has 0 spiro atoms. The van der Waals surface area contributed by atoms with Crippen molar-refractivity contribution < 1.29 is 35.0 Å². The minimum atomic E-state index is -2.68. The van der Waals surface area contributed by atoms with E-state index in [-0.39, 0.29) is 5.75 Å². The first-order valence-corrected chi connectivity index (χ1v) is 10.7. The summed E-state index contributed by atoms with van der Waals surface area (Å²) in [7, 11) is 0. The maximum Gasteiger partial charge on any atom is 0.288 e. The average Bonchev–Trinajstić information content (AvgIpc) is 3.52. The van der Waals surface area contributed by atoms with Crippen LogP contribution in [0.1, 0.15) is 5.56 Å². The number of aliphatic hydroxyl groups excluding tert-OH is 4. The largest absolute Gasteiger partial charge is 0.452 e. The number of hydrogen-bond acceptors (Lipinski definition) is 9. The van der Waals surface area contributed by atoms with Gasteiger partial charge in [-0.2, -0.15) is 5.10 Å². The highest BCUT2D eigenvalue weighted by molar-refractivity contribution is 5.82. The number of imidazole rings is 1. The van der Waals surface area contributed by atoms with Gasteiger partial charge < -0.3 is 39.6 Å². The SMILES string of the molecule is OC[C@H]1O[C@@H](O)[C@@](O)(Oc2cccc3ncn(Cc4ccc(-n5cccn5)cc4)c23)[C@@H](O)[C@@H]1O. The second-order valence-electron chi connectivity index (χ2n) is 8.11. The molecule has 0 unspecified atom stereocenters. The highest BCUT2D eigenvalue weighted by atomic mass is 16.7. The normalized spacial score (nSPS) is 27.2. The number of benzene rings is 2. The van der Waals surface area contributed by atoms with Crippen molar-refractivity contribution in [1.82, 2.24) is 19.3 Å². The Morgan fingerprint density at radius 3 is 2.56 bits per heavy atom. The lowest BCUT2D eigenvalue weighted by molar-refractivity contribution is -0.385. The van der Waals surface area contributed by atoms with Gasteiger partial charge in [-0.25, -0.2) is 9.67 Å². The average molecular weight is 468 g/mol. The van der Waals surface area contributed by atoms with Crippen LogP contribution in [0.4, 0.5) is 0 Å². The van der Waals surface area contributed by atoms with Gasteiger partial charge in [0.25, 0.3) is 5.79 Å². The Bertz CT molecular complexity index is 1260. The zero-order chi connectivity index (χ0) is 23.9. The Hall–Kier alpha value is -3.32. The van der Waals surface area contributed by atoms with E-state index in [2.05, 4.69) is 10.1 Å². The number of para-hydroxylation sites is 1. The van der Waals surface area contributed by atoms with Crippen LogP contribution in [0.25, 0.3) is 16.7 Å². The molecule has 1 fully saturated rings. The van der Waals surface area contributed by atoms with E-state index in [1.165, 1.54) is 0 Å². The van der Waals surface area contributed by atoms with Crippen LogP contribution in [-0.4, -0.2) is 81.9 Å². The Kier molecular flexibility index (Phi) is 5.81. The Morgan fingerprint density at radius 1 is 1.06 bits per heavy atom. The summed E-state index contributed by atoms with van der Waals surface area (Å²) < 4.78 is 14.3. The summed E-state index contributed by atoms with van der Waals surface area (Å²) in [6, 6.07) is 14.6. The quantitative estimate of drug-likeness (QED) is 0.241. The lowest BCUT2D eigenvalue weighted by atomic mass is 9.96. The molecule has 2 aromatic carbocycles. The first-order valence-electron chi connectivity index (χ1n) is 10.7. The molecule has 34 heavy (non-hydrogen) atoms. The van der Waals surface area contributed by atoms with Crippen LogP contribution in [0.5, 0.6) is 5.75 Å². The number of nitrogens with zero attached hydrogens (tertiary/aromatic N) is 4. The summed E-state index contributed by atoms with van der Waals surface area (Å²) in [5.41, 5.74) is 2.94. The predicted octanol–water partition coefficient (Wildman–Crippen LogP) is -0.231. The number of hydrogen-bond donors (Lipinski definition) is 5. The lowest BCUT2D eigenvalue weighted by Crippen LogP contribution is -2.69. The zero-order valence-electron chi connectivity index (χ0n) is 17.9. The first-order chi connectivity index (χ1) is 16.4. The number of aliphatic hydroxyl groups is 5. The van der Waals surface area contributed by atoms with E-state index in [1.54, 1.807) is 40.0 Å². The van der Waals surface area contributed by atoms with Crippen molar-refractivity contribution in [2.45, 2.75) is 36.9 Å². The molecule has 11 heteroatoms. The molecule has 3 heterocycles. The van der Waals surface area contributed by atoms with E-state index in [9.17, 15) is 25.5 Å². The predicted molar refractivity (Wildman–Crippen MR) is 118 cm³/mol. The maximum absolute atomic E-state index is 10.9. The number of ether oxygens (including phenoxy) is 2. The fraction of sp³-hybridized carbons (Fsp3) is 0.304. The van der Waals surface area contributed by atoms with Crippen LogP contribution >= 0.6 is 0 Å². The molecule has 5 atom stereocenters. The van der Waals surface area contributed by atoms with Gasteiger partial charge in [-0.15, -0.1) is 0 Å². The molecule has 2 aromatic heterocycles. The zero-order valence-corrected chi connectivity index (χ0v) is 17.9. The van der Waals surface area contributed by atoms with Crippen LogP contribution in [0, 0.1) is 0 Å². The van der Waals surface area contributed by atoms with Crippen LogP contribution in [0.2, 0.25) is 0 Å². The highest BCUT2D eigenvalue weighted by Crippen LogP contribution is 2.35. The van der Waals surface area contributed by atoms with Gasteiger partial charge in [-0.1, -0.05) is 18.2 Å². The van der Waals surface area contributed by atoms with E-state index >= 15 is 0 Å². The van der Waals surface area contributed by atoms with Crippen LogP contribution in [-0.2, 0) is 11.3 Å². The Morgan fingerprint density at radius 2 is 1.85 bits per heavy atom. The molecule has 0 saturated carbocycles. The Labute approximate surface area is 193 Å². The summed E-state index contributed by atoms with van der Waals surface area (Å²) >= 11 is 0. The van der Waals surface area contributed by atoms with Gasteiger partial charge in [0.05, 0.1) is 24.1 Å². The number of rotatable bonds is 6. The fourth-order valence-corrected chi connectivity index (χ4v) is 4.04.